The maximum Gasteiger partial charge on any atom is 0.296 e. The molecule has 0 aromatic heterocycles. The van der Waals surface area contributed by atoms with E-state index in [4.69, 9.17) is 10.5 Å². The van der Waals surface area contributed by atoms with Crippen LogP contribution in [-0.2, 0) is 4.79 Å². The summed E-state index contributed by atoms with van der Waals surface area (Å²) in [5, 5.41) is 2.49. The van der Waals surface area contributed by atoms with Crippen molar-refractivity contribution in [1.29, 1.82) is 0 Å². The molecule has 0 spiro atoms. The Morgan fingerprint density at radius 3 is 2.62 bits per heavy atom. The van der Waals surface area contributed by atoms with Crippen LogP contribution in [0, 0.1) is 0 Å². The zero-order valence-corrected chi connectivity index (χ0v) is 9.03. The molecule has 0 fully saturated rings. The van der Waals surface area contributed by atoms with E-state index in [-0.39, 0.29) is 6.04 Å². The van der Waals surface area contributed by atoms with Crippen molar-refractivity contribution in [2.24, 2.45) is 5.73 Å². The summed E-state index contributed by atoms with van der Waals surface area (Å²) in [4.78, 5) is 23.0. The summed E-state index contributed by atoms with van der Waals surface area (Å²) in [6.45, 7) is 1.76. The number of anilines is 1. The Hall–Kier alpha value is -1.88. The lowest BCUT2D eigenvalue weighted by Gasteiger charge is -2.12. The van der Waals surface area contributed by atoms with E-state index in [9.17, 15) is 9.59 Å². The number of nitrogens with one attached hydrogen (secondary N) is 1. The van der Waals surface area contributed by atoms with E-state index in [1.165, 1.54) is 7.11 Å². The van der Waals surface area contributed by atoms with Gasteiger partial charge in [-0.25, -0.2) is 0 Å². The van der Waals surface area contributed by atoms with Crippen molar-refractivity contribution in [3.05, 3.63) is 23.3 Å². The van der Waals surface area contributed by atoms with Gasteiger partial charge in [-0.15, -0.1) is 0 Å². The van der Waals surface area contributed by atoms with E-state index in [0.29, 0.717) is 22.6 Å². The van der Waals surface area contributed by atoms with Gasteiger partial charge in [0.1, 0.15) is 5.75 Å². The molecule has 0 saturated heterocycles. The number of fused-ring (bicyclic) bond motifs is 1. The van der Waals surface area contributed by atoms with Crippen LogP contribution >= 0.6 is 0 Å². The summed E-state index contributed by atoms with van der Waals surface area (Å²) >= 11 is 0. The fourth-order valence-corrected chi connectivity index (χ4v) is 1.80. The highest BCUT2D eigenvalue weighted by atomic mass is 16.5. The zero-order chi connectivity index (χ0) is 11.9. The Morgan fingerprint density at radius 1 is 1.38 bits per heavy atom. The lowest BCUT2D eigenvalue weighted by Crippen LogP contribution is -2.15. The van der Waals surface area contributed by atoms with Crippen LogP contribution in [0.25, 0.3) is 0 Å². The number of methoxy groups -OCH3 is 1. The van der Waals surface area contributed by atoms with Crippen molar-refractivity contribution in [1.82, 2.24) is 0 Å². The summed E-state index contributed by atoms with van der Waals surface area (Å²) < 4.78 is 5.08. The molecule has 1 atom stereocenters. The highest BCUT2D eigenvalue weighted by Crippen LogP contribution is 2.37. The number of hydrogen-bond donors (Lipinski definition) is 2. The van der Waals surface area contributed by atoms with Gasteiger partial charge in [-0.3, -0.25) is 9.59 Å². The topological polar surface area (TPSA) is 81.4 Å². The standard InChI is InChI=1S/C11H12N2O3/c1-5(12)6-3-4-7(16-2)9-8(6)10(14)11(15)13-9/h3-5H,12H2,1-2H3,(H,13,14,15). The van der Waals surface area contributed by atoms with E-state index in [1.807, 2.05) is 0 Å². The average Bonchev–Trinajstić information content (AvgIpc) is 2.54. The van der Waals surface area contributed by atoms with E-state index in [2.05, 4.69) is 5.32 Å². The number of hydrogen-bond acceptors (Lipinski definition) is 4. The van der Waals surface area contributed by atoms with Crippen LogP contribution in [0.15, 0.2) is 12.1 Å². The number of ether oxygens (including phenoxy) is 1. The molecular weight excluding hydrogens is 208 g/mol. The minimum Gasteiger partial charge on any atom is -0.495 e. The molecule has 1 aliphatic heterocycles. The van der Waals surface area contributed by atoms with E-state index < -0.39 is 11.7 Å². The molecule has 84 valence electrons. The quantitative estimate of drug-likeness (QED) is 0.724. The van der Waals surface area contributed by atoms with E-state index in [1.54, 1.807) is 19.1 Å². The van der Waals surface area contributed by atoms with Gasteiger partial charge in [0, 0.05) is 6.04 Å². The van der Waals surface area contributed by atoms with Crippen LogP contribution < -0.4 is 15.8 Å². The van der Waals surface area contributed by atoms with Crippen LogP contribution in [-0.4, -0.2) is 18.8 Å². The third-order valence-corrected chi connectivity index (χ3v) is 2.58. The number of nitrogens with two attached hydrogens (primary N) is 1. The number of carbonyl (C=O) groups excluding carboxylic acids is 2. The molecule has 0 radical (unpaired) electrons. The third kappa shape index (κ3) is 1.37. The van der Waals surface area contributed by atoms with Crippen LogP contribution in [0.4, 0.5) is 5.69 Å². The van der Waals surface area contributed by atoms with Gasteiger partial charge in [-0.05, 0) is 18.6 Å². The average molecular weight is 220 g/mol. The minimum atomic E-state index is -0.638. The van der Waals surface area contributed by atoms with Gasteiger partial charge in [0.15, 0.2) is 0 Å². The molecule has 1 aromatic carbocycles. The maximum absolute atomic E-state index is 11.7. The van der Waals surface area contributed by atoms with Gasteiger partial charge in [0.05, 0.1) is 18.4 Å². The largest absolute Gasteiger partial charge is 0.495 e. The number of Topliss-reactive ketones (excluding diaryl/α,β-unsaturated/α-hetero) is 1. The third-order valence-electron chi connectivity index (χ3n) is 2.58. The summed E-state index contributed by atoms with van der Waals surface area (Å²) in [6, 6.07) is 3.09. The maximum atomic E-state index is 11.7. The van der Waals surface area contributed by atoms with Gasteiger partial charge in [0.25, 0.3) is 11.7 Å². The number of amides is 1. The molecule has 1 unspecified atom stereocenters. The fourth-order valence-electron chi connectivity index (χ4n) is 1.80. The summed E-state index contributed by atoms with van der Waals surface area (Å²) in [5.74, 6) is -0.721. The van der Waals surface area contributed by atoms with Crippen molar-refractivity contribution < 1.29 is 14.3 Å². The second kappa shape index (κ2) is 3.61. The van der Waals surface area contributed by atoms with Gasteiger partial charge in [-0.2, -0.15) is 0 Å². The first-order valence-electron chi connectivity index (χ1n) is 4.88. The number of rotatable bonds is 2. The van der Waals surface area contributed by atoms with Crippen molar-refractivity contribution in [2.75, 3.05) is 12.4 Å². The zero-order valence-electron chi connectivity index (χ0n) is 9.03. The number of ketones is 1. The normalized spacial score (nSPS) is 15.7. The summed E-state index contributed by atoms with van der Waals surface area (Å²) in [6.07, 6.45) is 0. The first-order valence-corrected chi connectivity index (χ1v) is 4.88. The number of benzene rings is 1. The summed E-state index contributed by atoms with van der Waals surface area (Å²) in [7, 11) is 1.48. The van der Waals surface area contributed by atoms with E-state index >= 15 is 0 Å². The second-order valence-electron chi connectivity index (χ2n) is 3.68. The Morgan fingerprint density at radius 2 is 2.06 bits per heavy atom. The molecule has 2 rings (SSSR count). The second-order valence-corrected chi connectivity index (χ2v) is 3.68. The SMILES string of the molecule is COc1ccc(C(C)N)c2c1NC(=O)C2=O. The molecule has 16 heavy (non-hydrogen) atoms. The van der Waals surface area contributed by atoms with Crippen LogP contribution in [0.3, 0.4) is 0 Å². The molecule has 0 aliphatic carbocycles. The molecule has 1 amide bonds. The van der Waals surface area contributed by atoms with E-state index in [0.717, 1.165) is 0 Å². The van der Waals surface area contributed by atoms with Crippen LogP contribution in [0.1, 0.15) is 28.9 Å². The highest BCUT2D eigenvalue weighted by molar-refractivity contribution is 6.52. The van der Waals surface area contributed by atoms with Crippen LogP contribution in [0.5, 0.6) is 5.75 Å². The molecule has 1 heterocycles. The van der Waals surface area contributed by atoms with Gasteiger partial charge in [-0.1, -0.05) is 6.07 Å². The van der Waals surface area contributed by atoms with Gasteiger partial charge < -0.3 is 15.8 Å². The van der Waals surface area contributed by atoms with Crippen molar-refractivity contribution in [2.45, 2.75) is 13.0 Å². The molecule has 1 aromatic rings. The summed E-state index contributed by atoms with van der Waals surface area (Å²) in [5.41, 5.74) is 7.16. The first kappa shape index (κ1) is 10.6. The smallest absolute Gasteiger partial charge is 0.296 e. The van der Waals surface area contributed by atoms with Crippen molar-refractivity contribution >= 4 is 17.4 Å². The van der Waals surface area contributed by atoms with Crippen molar-refractivity contribution in [3.8, 4) is 5.75 Å². The molecule has 1 aliphatic rings. The highest BCUT2D eigenvalue weighted by Gasteiger charge is 2.33. The Bertz CT molecular complexity index is 480. The molecule has 5 heteroatoms. The Balaban J connectivity index is 2.69. The lowest BCUT2D eigenvalue weighted by molar-refractivity contribution is -0.112. The first-order chi connectivity index (χ1) is 7.56. The van der Waals surface area contributed by atoms with Crippen LogP contribution in [0.2, 0.25) is 0 Å². The number of carbonyl (C=O) groups is 2. The molecule has 0 saturated carbocycles. The minimum absolute atomic E-state index is 0.309. The Kier molecular flexibility index (Phi) is 2.40. The fraction of sp³-hybridized carbons (Fsp3) is 0.273. The predicted octanol–water partition coefficient (Wildman–Crippen LogP) is 0.850. The molecule has 3 N–H and O–H groups in total. The van der Waals surface area contributed by atoms with Gasteiger partial charge in [0.2, 0.25) is 0 Å². The Labute approximate surface area is 92.6 Å². The lowest BCUT2D eigenvalue weighted by atomic mass is 9.98. The van der Waals surface area contributed by atoms with Crippen molar-refractivity contribution in [3.63, 3.8) is 0 Å². The molecule has 0 bridgehead atoms. The molecule has 5 nitrogen and oxygen atoms in total. The predicted molar refractivity (Wildman–Crippen MR) is 58.6 cm³/mol. The van der Waals surface area contributed by atoms with Gasteiger partial charge >= 0.3 is 0 Å². The molecular formula is C11H12N2O3. The monoisotopic (exact) mass is 220 g/mol.